The molecule has 4 heterocycles. The van der Waals surface area contributed by atoms with Crippen molar-refractivity contribution in [3.8, 4) is 0 Å². The normalized spacial score (nSPS) is 20.8. The molecule has 3 fully saturated rings. The number of piperidine rings is 2. The number of alkyl halides is 3. The maximum Gasteiger partial charge on any atom is 0.418 e. The molecule has 300 valence electrons. The maximum atomic E-state index is 14.1. The van der Waals surface area contributed by atoms with Crippen molar-refractivity contribution in [2.24, 2.45) is 5.92 Å². The number of likely N-dealkylation sites (N-methyl/N-ethyl adjacent to an activating group) is 1. The molecule has 4 aliphatic rings. The lowest BCUT2D eigenvalue weighted by Gasteiger charge is -2.39. The molecule has 0 aliphatic carbocycles. The molecule has 17 heteroatoms. The Morgan fingerprint density at radius 2 is 1.67 bits per heavy atom. The lowest BCUT2D eigenvalue weighted by atomic mass is 10.00. The van der Waals surface area contributed by atoms with Crippen LogP contribution in [0.3, 0.4) is 0 Å². The number of amides is 4. The van der Waals surface area contributed by atoms with E-state index < -0.39 is 35.5 Å². The minimum atomic E-state index is -4.79. The number of nitrogen functional groups attached to an aromatic ring is 1. The van der Waals surface area contributed by atoms with E-state index in [1.807, 2.05) is 24.3 Å². The number of nitrogens with zero attached hydrogens (tertiary/aromatic N) is 4. The van der Waals surface area contributed by atoms with Gasteiger partial charge in [-0.3, -0.25) is 14.5 Å². The highest BCUT2D eigenvalue weighted by Gasteiger charge is 2.39. The van der Waals surface area contributed by atoms with E-state index in [-0.39, 0.29) is 60.1 Å². The van der Waals surface area contributed by atoms with Crippen molar-refractivity contribution >= 4 is 47.0 Å². The summed E-state index contributed by atoms with van der Waals surface area (Å²) >= 11 is 6.12. The van der Waals surface area contributed by atoms with E-state index in [4.69, 9.17) is 26.8 Å². The Kier molecular flexibility index (Phi) is 13.0. The summed E-state index contributed by atoms with van der Waals surface area (Å²) in [6, 6.07) is 9.56. The SMILES string of the molecule is CNCCOC(=O)[C@@H]1CCN(C2CCN(C(=O)[C@@H](Cc3cc(Cl)c(N)c(C(F)(F)F)c3)OC(=O)N3CCC(N4CCc5ccccc5NC4=O)CC3)CC2)C1. The number of rotatable bonds is 10. The Balaban J connectivity index is 1.09. The molecule has 2 aromatic carbocycles. The molecule has 0 bridgehead atoms. The van der Waals surface area contributed by atoms with Crippen LogP contribution in [0, 0.1) is 5.92 Å². The van der Waals surface area contributed by atoms with Gasteiger partial charge in [-0.1, -0.05) is 29.8 Å². The quantitative estimate of drug-likeness (QED) is 0.178. The van der Waals surface area contributed by atoms with Gasteiger partial charge < -0.3 is 40.5 Å². The molecule has 0 aromatic heterocycles. The molecule has 3 saturated heterocycles. The number of hydrogen-bond acceptors (Lipinski definition) is 9. The molecule has 6 rings (SSSR count). The van der Waals surface area contributed by atoms with Crippen LogP contribution in [-0.2, 0) is 38.1 Å². The molecule has 4 aliphatic heterocycles. The molecule has 0 saturated carbocycles. The number of nitrogens with two attached hydrogens (primary N) is 1. The van der Waals surface area contributed by atoms with Crippen LogP contribution in [0.2, 0.25) is 5.02 Å². The molecule has 4 N–H and O–H groups in total. The van der Waals surface area contributed by atoms with Crippen LogP contribution in [0.25, 0.3) is 0 Å². The Labute approximate surface area is 323 Å². The third kappa shape index (κ3) is 9.76. The third-order valence-electron chi connectivity index (χ3n) is 11.2. The zero-order valence-corrected chi connectivity index (χ0v) is 31.7. The molecule has 0 spiro atoms. The molecular formula is C38H49ClF3N7O6. The van der Waals surface area contributed by atoms with E-state index in [2.05, 4.69) is 15.5 Å². The van der Waals surface area contributed by atoms with Crippen molar-refractivity contribution < 1.29 is 41.8 Å². The zero-order valence-electron chi connectivity index (χ0n) is 30.9. The van der Waals surface area contributed by atoms with Crippen LogP contribution < -0.4 is 16.4 Å². The van der Waals surface area contributed by atoms with Gasteiger partial charge in [0.25, 0.3) is 5.91 Å². The number of hydrogen-bond donors (Lipinski definition) is 3. The minimum Gasteiger partial charge on any atom is -0.464 e. The van der Waals surface area contributed by atoms with Gasteiger partial charge in [0.05, 0.1) is 22.2 Å². The largest absolute Gasteiger partial charge is 0.464 e. The van der Waals surface area contributed by atoms with E-state index in [0.717, 1.165) is 23.9 Å². The standard InChI is InChI=1S/C38H49ClF3N7O6/c1-44-12-19-54-35(51)26-6-13-48(23-26)27-8-14-46(15-9-27)34(50)32(22-24-20-29(38(40,41)42)33(43)30(39)21-24)55-37(53)47-16-10-28(11-17-47)49-18-7-25-4-2-3-5-31(25)45-36(49)52/h2-5,20-21,26-28,32,44H,6-19,22-23,43H2,1H3,(H,45,52)/t26-,32-/m1/s1. The average molecular weight is 792 g/mol. The Bertz CT molecular complexity index is 1720. The summed E-state index contributed by atoms with van der Waals surface area (Å²) < 4.78 is 52.8. The van der Waals surface area contributed by atoms with Crippen molar-refractivity contribution in [3.63, 3.8) is 0 Å². The smallest absolute Gasteiger partial charge is 0.418 e. The molecule has 55 heavy (non-hydrogen) atoms. The summed E-state index contributed by atoms with van der Waals surface area (Å²) in [5, 5.41) is 5.61. The second kappa shape index (κ2) is 17.7. The highest BCUT2D eigenvalue weighted by Crippen LogP contribution is 2.38. The number of benzene rings is 2. The summed E-state index contributed by atoms with van der Waals surface area (Å²) in [5.41, 5.74) is 5.78. The van der Waals surface area contributed by atoms with Gasteiger partial charge in [0.15, 0.2) is 6.10 Å². The first-order valence-electron chi connectivity index (χ1n) is 18.9. The molecule has 4 amide bonds. The average Bonchev–Trinajstić information content (AvgIpc) is 3.60. The Morgan fingerprint density at radius 3 is 2.38 bits per heavy atom. The number of urea groups is 1. The van der Waals surface area contributed by atoms with Crippen molar-refractivity contribution in [2.45, 2.75) is 69.3 Å². The number of halogens is 4. The second-order valence-corrected chi connectivity index (χ2v) is 15.1. The first-order chi connectivity index (χ1) is 26.3. The number of anilines is 2. The van der Waals surface area contributed by atoms with Crippen molar-refractivity contribution in [3.05, 3.63) is 58.1 Å². The first-order valence-corrected chi connectivity index (χ1v) is 19.3. The van der Waals surface area contributed by atoms with Crippen LogP contribution >= 0.6 is 11.6 Å². The Hall–Kier alpha value is -4.28. The number of fused-ring (bicyclic) bond motifs is 1. The highest BCUT2D eigenvalue weighted by molar-refractivity contribution is 6.33. The van der Waals surface area contributed by atoms with Crippen molar-refractivity contribution in [1.29, 1.82) is 0 Å². The minimum absolute atomic E-state index is 0.0455. The summed E-state index contributed by atoms with van der Waals surface area (Å²) in [6.07, 6.45) is -3.76. The summed E-state index contributed by atoms with van der Waals surface area (Å²) in [6.45, 7) is 3.92. The topological polar surface area (TPSA) is 150 Å². The van der Waals surface area contributed by atoms with Gasteiger partial charge >= 0.3 is 24.3 Å². The number of para-hydroxylation sites is 1. The first kappa shape index (κ1) is 40.4. The van der Waals surface area contributed by atoms with Gasteiger partial charge in [-0.25, -0.2) is 9.59 Å². The maximum absolute atomic E-state index is 14.1. The van der Waals surface area contributed by atoms with E-state index in [9.17, 15) is 32.3 Å². The van der Waals surface area contributed by atoms with Crippen molar-refractivity contribution in [2.75, 3.05) is 77.1 Å². The van der Waals surface area contributed by atoms with Crippen LogP contribution in [-0.4, -0.2) is 128 Å². The number of nitrogens with one attached hydrogen (secondary N) is 2. The van der Waals surface area contributed by atoms with E-state index >= 15 is 0 Å². The van der Waals surface area contributed by atoms with Gasteiger partial charge in [-0.05, 0) is 81.4 Å². The predicted molar refractivity (Wildman–Crippen MR) is 199 cm³/mol. The highest BCUT2D eigenvalue weighted by atomic mass is 35.5. The fourth-order valence-electron chi connectivity index (χ4n) is 8.05. The molecule has 0 unspecified atom stereocenters. The monoisotopic (exact) mass is 791 g/mol. The number of carbonyl (C=O) groups is 4. The van der Waals surface area contributed by atoms with E-state index in [1.54, 1.807) is 16.8 Å². The summed E-state index contributed by atoms with van der Waals surface area (Å²) in [7, 11) is 1.79. The number of esters is 1. The third-order valence-corrected chi connectivity index (χ3v) is 11.5. The fourth-order valence-corrected chi connectivity index (χ4v) is 8.29. The lowest BCUT2D eigenvalue weighted by molar-refractivity contribution is -0.148. The van der Waals surface area contributed by atoms with Gasteiger partial charge in [0, 0.05) is 70.0 Å². The van der Waals surface area contributed by atoms with E-state index in [0.29, 0.717) is 77.9 Å². The van der Waals surface area contributed by atoms with Gasteiger partial charge in [0.2, 0.25) is 0 Å². The Morgan fingerprint density at radius 1 is 0.982 bits per heavy atom. The molecule has 0 radical (unpaired) electrons. The molecule has 13 nitrogen and oxygen atoms in total. The fraction of sp³-hybridized carbons (Fsp3) is 0.579. The summed E-state index contributed by atoms with van der Waals surface area (Å²) in [4.78, 5) is 60.4. The van der Waals surface area contributed by atoms with Crippen LogP contribution in [0.5, 0.6) is 0 Å². The van der Waals surface area contributed by atoms with Crippen LogP contribution in [0.15, 0.2) is 36.4 Å². The second-order valence-electron chi connectivity index (χ2n) is 14.7. The molecule has 2 aromatic rings. The lowest BCUT2D eigenvalue weighted by Crippen LogP contribution is -2.52. The van der Waals surface area contributed by atoms with E-state index in [1.165, 1.54) is 11.0 Å². The van der Waals surface area contributed by atoms with Crippen molar-refractivity contribution in [1.82, 2.24) is 24.9 Å². The molecule has 2 atom stereocenters. The van der Waals surface area contributed by atoms with Gasteiger partial charge in [0.1, 0.15) is 6.61 Å². The predicted octanol–water partition coefficient (Wildman–Crippen LogP) is 4.62. The molecular weight excluding hydrogens is 743 g/mol. The van der Waals surface area contributed by atoms with Crippen LogP contribution in [0.1, 0.15) is 48.8 Å². The zero-order chi connectivity index (χ0) is 39.3. The summed E-state index contributed by atoms with van der Waals surface area (Å²) in [5.74, 6) is -0.942. The van der Waals surface area contributed by atoms with Gasteiger partial charge in [-0.2, -0.15) is 13.2 Å². The number of likely N-dealkylation sites (tertiary alicyclic amines) is 3. The van der Waals surface area contributed by atoms with Gasteiger partial charge in [-0.15, -0.1) is 0 Å². The van der Waals surface area contributed by atoms with Crippen LogP contribution in [0.4, 0.5) is 34.1 Å². The number of ether oxygens (including phenoxy) is 2. The number of carbonyl (C=O) groups excluding carboxylic acids is 4.